The second-order valence-electron chi connectivity index (χ2n) is 7.45. The van der Waals surface area contributed by atoms with E-state index in [2.05, 4.69) is 10.3 Å². The third-order valence-corrected chi connectivity index (χ3v) is 5.43. The molecule has 1 aromatic carbocycles. The number of benzene rings is 1. The van der Waals surface area contributed by atoms with Gasteiger partial charge < -0.3 is 20.1 Å². The van der Waals surface area contributed by atoms with Gasteiger partial charge in [-0.1, -0.05) is 12.1 Å². The first-order valence-corrected chi connectivity index (χ1v) is 9.56. The summed E-state index contributed by atoms with van der Waals surface area (Å²) in [5.41, 5.74) is 3.45. The molecule has 0 radical (unpaired) electrons. The zero-order valence-corrected chi connectivity index (χ0v) is 15.8. The standard InChI is InChI=1S/C21H24FN3O3/c1-25-8-6-16-14(10-13-2-4-15(22)5-3-13)11-17(23-20(16)25)21(27)24-18-12-28-9-7-19(18)26/h2-5,11,18-19,26H,6-10,12H2,1H3,(H,24,27). The lowest BCUT2D eigenvalue weighted by atomic mass is 9.98. The van der Waals surface area contributed by atoms with Crippen LogP contribution in [-0.2, 0) is 17.6 Å². The second kappa shape index (κ2) is 7.85. The fourth-order valence-corrected chi connectivity index (χ4v) is 3.79. The summed E-state index contributed by atoms with van der Waals surface area (Å²) in [5, 5.41) is 12.9. The van der Waals surface area contributed by atoms with E-state index < -0.39 is 12.1 Å². The van der Waals surface area contributed by atoms with E-state index in [1.54, 1.807) is 12.1 Å². The van der Waals surface area contributed by atoms with Gasteiger partial charge in [-0.2, -0.15) is 0 Å². The molecule has 2 aliphatic rings. The number of aromatic nitrogens is 1. The minimum atomic E-state index is -0.617. The summed E-state index contributed by atoms with van der Waals surface area (Å²) in [6, 6.07) is 7.79. The molecule has 2 aliphatic heterocycles. The predicted octanol–water partition coefficient (Wildman–Crippen LogP) is 1.68. The van der Waals surface area contributed by atoms with Crippen molar-refractivity contribution in [3.05, 3.63) is 58.5 Å². The molecule has 2 N–H and O–H groups in total. The molecule has 1 amide bonds. The first-order valence-electron chi connectivity index (χ1n) is 9.56. The smallest absolute Gasteiger partial charge is 0.270 e. The van der Waals surface area contributed by atoms with Crippen molar-refractivity contribution >= 4 is 11.7 Å². The Balaban J connectivity index is 1.61. The molecule has 0 spiro atoms. The topological polar surface area (TPSA) is 74.7 Å². The van der Waals surface area contributed by atoms with Gasteiger partial charge in [-0.25, -0.2) is 9.37 Å². The molecule has 6 nitrogen and oxygen atoms in total. The van der Waals surface area contributed by atoms with Gasteiger partial charge in [0.15, 0.2) is 0 Å². The van der Waals surface area contributed by atoms with Gasteiger partial charge in [0.1, 0.15) is 17.3 Å². The van der Waals surface area contributed by atoms with Crippen molar-refractivity contribution < 1.29 is 19.0 Å². The number of halogens is 1. The Kier molecular flexibility index (Phi) is 5.28. The van der Waals surface area contributed by atoms with Gasteiger partial charge in [-0.15, -0.1) is 0 Å². The van der Waals surface area contributed by atoms with Crippen molar-refractivity contribution in [3.8, 4) is 0 Å². The number of aliphatic hydroxyl groups is 1. The lowest BCUT2D eigenvalue weighted by Crippen LogP contribution is -2.49. The fourth-order valence-electron chi connectivity index (χ4n) is 3.79. The van der Waals surface area contributed by atoms with Gasteiger partial charge in [0, 0.05) is 25.8 Å². The molecule has 0 aliphatic carbocycles. The van der Waals surface area contributed by atoms with E-state index in [1.165, 1.54) is 12.1 Å². The van der Waals surface area contributed by atoms with E-state index in [9.17, 15) is 14.3 Å². The van der Waals surface area contributed by atoms with E-state index in [4.69, 9.17) is 4.74 Å². The van der Waals surface area contributed by atoms with Crippen molar-refractivity contribution in [1.29, 1.82) is 0 Å². The van der Waals surface area contributed by atoms with Crippen molar-refractivity contribution in [1.82, 2.24) is 10.3 Å². The molecule has 1 aromatic heterocycles. The highest BCUT2D eigenvalue weighted by atomic mass is 19.1. The van der Waals surface area contributed by atoms with Crippen LogP contribution in [0.4, 0.5) is 10.2 Å². The van der Waals surface area contributed by atoms with Crippen LogP contribution in [0.25, 0.3) is 0 Å². The largest absolute Gasteiger partial charge is 0.391 e. The van der Waals surface area contributed by atoms with Crippen LogP contribution in [0.15, 0.2) is 30.3 Å². The molecule has 2 unspecified atom stereocenters. The van der Waals surface area contributed by atoms with Gasteiger partial charge in [-0.05, 0) is 48.6 Å². The number of carbonyl (C=O) groups excluding carboxylic acids is 1. The van der Waals surface area contributed by atoms with Gasteiger partial charge in [0.25, 0.3) is 5.91 Å². The summed E-state index contributed by atoms with van der Waals surface area (Å²) in [6.45, 7) is 1.64. The maximum absolute atomic E-state index is 13.2. The Labute approximate surface area is 163 Å². The summed E-state index contributed by atoms with van der Waals surface area (Å²) < 4.78 is 18.6. The number of nitrogens with zero attached hydrogens (tertiary/aromatic N) is 2. The van der Waals surface area contributed by atoms with Crippen LogP contribution >= 0.6 is 0 Å². The Morgan fingerprint density at radius 3 is 2.93 bits per heavy atom. The summed E-state index contributed by atoms with van der Waals surface area (Å²) in [4.78, 5) is 19.4. The molecule has 0 saturated carbocycles. The quantitative estimate of drug-likeness (QED) is 0.838. The first-order chi connectivity index (χ1) is 13.5. The van der Waals surface area contributed by atoms with Crippen LogP contribution in [-0.4, -0.2) is 54.9 Å². The lowest BCUT2D eigenvalue weighted by Gasteiger charge is -2.28. The van der Waals surface area contributed by atoms with Crippen LogP contribution in [0.1, 0.15) is 33.6 Å². The molecule has 0 bridgehead atoms. The molecule has 4 rings (SSSR count). The van der Waals surface area contributed by atoms with Gasteiger partial charge >= 0.3 is 0 Å². The van der Waals surface area contributed by atoms with E-state index >= 15 is 0 Å². The highest BCUT2D eigenvalue weighted by Crippen LogP contribution is 2.30. The molecule has 3 heterocycles. The maximum atomic E-state index is 13.2. The van der Waals surface area contributed by atoms with Crippen LogP contribution in [0.5, 0.6) is 0 Å². The highest BCUT2D eigenvalue weighted by Gasteiger charge is 2.28. The number of aliphatic hydroxyl groups excluding tert-OH is 1. The Hall–Kier alpha value is -2.51. The molecule has 2 atom stereocenters. The number of ether oxygens (including phenoxy) is 1. The highest BCUT2D eigenvalue weighted by molar-refractivity contribution is 5.93. The average molecular weight is 385 g/mol. The van der Waals surface area contributed by atoms with Crippen LogP contribution in [0.3, 0.4) is 0 Å². The van der Waals surface area contributed by atoms with Crippen LogP contribution in [0, 0.1) is 5.82 Å². The Bertz CT molecular complexity index is 872. The number of likely N-dealkylation sites (N-methyl/N-ethyl adjacent to an activating group) is 1. The molecule has 2 aromatic rings. The molecule has 1 saturated heterocycles. The fraction of sp³-hybridized carbons (Fsp3) is 0.429. The lowest BCUT2D eigenvalue weighted by molar-refractivity contribution is -0.0140. The zero-order valence-electron chi connectivity index (χ0n) is 15.8. The minimum absolute atomic E-state index is 0.267. The normalized spacial score (nSPS) is 21.5. The number of amides is 1. The first kappa shape index (κ1) is 18.8. The van der Waals surface area contributed by atoms with Crippen molar-refractivity contribution in [3.63, 3.8) is 0 Å². The number of hydrogen-bond donors (Lipinski definition) is 2. The van der Waals surface area contributed by atoms with E-state index in [1.807, 2.05) is 18.0 Å². The number of rotatable bonds is 4. The monoisotopic (exact) mass is 385 g/mol. The average Bonchev–Trinajstić information content (AvgIpc) is 3.07. The summed E-state index contributed by atoms with van der Waals surface area (Å²) >= 11 is 0. The van der Waals surface area contributed by atoms with Gasteiger partial charge in [0.2, 0.25) is 0 Å². The second-order valence-corrected chi connectivity index (χ2v) is 7.45. The number of carbonyl (C=O) groups is 1. The van der Waals surface area contributed by atoms with Crippen molar-refractivity contribution in [2.24, 2.45) is 0 Å². The SMILES string of the molecule is CN1CCc2c(Cc3ccc(F)cc3)cc(C(=O)NC3COCCC3O)nc21. The number of hydrogen-bond acceptors (Lipinski definition) is 5. The van der Waals surface area contributed by atoms with Crippen LogP contribution < -0.4 is 10.2 Å². The minimum Gasteiger partial charge on any atom is -0.391 e. The molecular formula is C21H24FN3O3. The maximum Gasteiger partial charge on any atom is 0.270 e. The van der Waals surface area contributed by atoms with Gasteiger partial charge in [-0.3, -0.25) is 4.79 Å². The van der Waals surface area contributed by atoms with Crippen LogP contribution in [0.2, 0.25) is 0 Å². The molecular weight excluding hydrogens is 361 g/mol. The van der Waals surface area contributed by atoms with E-state index in [0.29, 0.717) is 31.7 Å². The number of fused-ring (bicyclic) bond motifs is 1. The molecule has 148 valence electrons. The van der Waals surface area contributed by atoms with Crippen molar-refractivity contribution in [2.45, 2.75) is 31.4 Å². The van der Waals surface area contributed by atoms with E-state index in [-0.39, 0.29) is 11.7 Å². The molecule has 1 fully saturated rings. The number of pyridine rings is 1. The third kappa shape index (κ3) is 3.86. The predicted molar refractivity (Wildman–Crippen MR) is 103 cm³/mol. The Morgan fingerprint density at radius 1 is 1.39 bits per heavy atom. The zero-order chi connectivity index (χ0) is 19.7. The summed E-state index contributed by atoms with van der Waals surface area (Å²) in [7, 11) is 1.96. The van der Waals surface area contributed by atoms with Gasteiger partial charge in [0.05, 0.1) is 18.8 Å². The molecule has 28 heavy (non-hydrogen) atoms. The number of anilines is 1. The van der Waals surface area contributed by atoms with Crippen molar-refractivity contribution in [2.75, 3.05) is 31.7 Å². The third-order valence-electron chi connectivity index (χ3n) is 5.43. The molecule has 7 heteroatoms. The van der Waals surface area contributed by atoms with E-state index in [0.717, 1.165) is 35.5 Å². The summed E-state index contributed by atoms with van der Waals surface area (Å²) in [5.74, 6) is 0.222. The number of nitrogens with one attached hydrogen (secondary N) is 1. The summed E-state index contributed by atoms with van der Waals surface area (Å²) in [6.07, 6.45) is 1.36. The Morgan fingerprint density at radius 2 is 2.18 bits per heavy atom.